The Morgan fingerprint density at radius 3 is 2.74 bits per heavy atom. The molecule has 0 N–H and O–H groups in total. The lowest BCUT2D eigenvalue weighted by Gasteiger charge is -2.37. The van der Waals surface area contributed by atoms with Crippen molar-refractivity contribution in [3.8, 4) is 5.75 Å². The monoisotopic (exact) mass is 322 g/mol. The molecular weight excluding hydrogens is 307 g/mol. The Morgan fingerprint density at radius 2 is 2.11 bits per heavy atom. The van der Waals surface area contributed by atoms with Crippen LogP contribution in [0.2, 0.25) is 10.0 Å². The summed E-state index contributed by atoms with van der Waals surface area (Å²) in [5.74, 6) is 1.22. The molecule has 0 aromatic heterocycles. The van der Waals surface area contributed by atoms with E-state index < -0.39 is 5.60 Å². The van der Waals surface area contributed by atoms with Gasteiger partial charge in [0.1, 0.15) is 10.8 Å². The summed E-state index contributed by atoms with van der Waals surface area (Å²) in [4.78, 5) is 0. The van der Waals surface area contributed by atoms with E-state index in [1.54, 1.807) is 7.11 Å². The molecule has 1 atom stereocenters. The van der Waals surface area contributed by atoms with Gasteiger partial charge in [-0.2, -0.15) is 0 Å². The minimum absolute atomic E-state index is 0.421. The minimum atomic E-state index is -0.421. The number of alkyl halides is 1. The standard InChI is InChI=1S/C14H17Cl3O2/c1-14(5-3-6-15)11-9(4-7-19-14)8-10(18-2)12(16)13(11)17/h8H,3-7H2,1-2H3. The van der Waals surface area contributed by atoms with Gasteiger partial charge in [-0.15, -0.1) is 11.6 Å². The molecule has 2 rings (SSSR count). The summed E-state index contributed by atoms with van der Waals surface area (Å²) in [6, 6.07) is 1.96. The Balaban J connectivity index is 2.51. The Labute approximate surface area is 128 Å². The summed E-state index contributed by atoms with van der Waals surface area (Å²) in [7, 11) is 1.59. The van der Waals surface area contributed by atoms with E-state index in [9.17, 15) is 0 Å². The van der Waals surface area contributed by atoms with Crippen LogP contribution in [0.15, 0.2) is 6.07 Å². The van der Waals surface area contributed by atoms with E-state index in [2.05, 4.69) is 0 Å². The molecule has 1 aliphatic rings. The van der Waals surface area contributed by atoms with Crippen molar-refractivity contribution in [3.63, 3.8) is 0 Å². The van der Waals surface area contributed by atoms with Crippen molar-refractivity contribution in [2.45, 2.75) is 31.8 Å². The van der Waals surface area contributed by atoms with Crippen LogP contribution < -0.4 is 4.74 Å². The van der Waals surface area contributed by atoms with Crippen LogP contribution >= 0.6 is 34.8 Å². The van der Waals surface area contributed by atoms with Gasteiger partial charge in [0, 0.05) is 11.4 Å². The van der Waals surface area contributed by atoms with Gasteiger partial charge in [-0.25, -0.2) is 0 Å². The first kappa shape index (κ1) is 15.2. The van der Waals surface area contributed by atoms with Gasteiger partial charge < -0.3 is 9.47 Å². The average Bonchev–Trinajstić information content (AvgIpc) is 2.40. The summed E-state index contributed by atoms with van der Waals surface area (Å²) >= 11 is 18.5. The molecule has 0 fully saturated rings. The van der Waals surface area contributed by atoms with E-state index in [1.807, 2.05) is 13.0 Å². The molecule has 0 bridgehead atoms. The van der Waals surface area contributed by atoms with Crippen molar-refractivity contribution in [1.29, 1.82) is 0 Å². The smallest absolute Gasteiger partial charge is 0.139 e. The number of halogens is 3. The molecule has 2 nitrogen and oxygen atoms in total. The van der Waals surface area contributed by atoms with Gasteiger partial charge >= 0.3 is 0 Å². The number of rotatable bonds is 4. The third-order valence-electron chi connectivity index (χ3n) is 3.58. The Kier molecular flexibility index (Phi) is 4.88. The van der Waals surface area contributed by atoms with E-state index >= 15 is 0 Å². The molecule has 0 saturated heterocycles. The van der Waals surface area contributed by atoms with E-state index in [0.717, 1.165) is 30.4 Å². The molecule has 1 heterocycles. The Hall–Kier alpha value is -0.150. The zero-order valence-electron chi connectivity index (χ0n) is 11.1. The number of fused-ring (bicyclic) bond motifs is 1. The molecule has 1 unspecified atom stereocenters. The molecule has 1 aliphatic heterocycles. The zero-order chi connectivity index (χ0) is 14.0. The minimum Gasteiger partial charge on any atom is -0.495 e. The molecular formula is C14H17Cl3O2. The predicted molar refractivity (Wildman–Crippen MR) is 80.0 cm³/mol. The highest BCUT2D eigenvalue weighted by atomic mass is 35.5. The van der Waals surface area contributed by atoms with Gasteiger partial charge in [-0.1, -0.05) is 23.2 Å². The summed E-state index contributed by atoms with van der Waals surface area (Å²) in [6.45, 7) is 2.72. The molecule has 1 aromatic carbocycles. The summed E-state index contributed by atoms with van der Waals surface area (Å²) < 4.78 is 11.2. The second-order valence-corrected chi connectivity index (χ2v) is 6.00. The average molecular weight is 324 g/mol. The van der Waals surface area contributed by atoms with Crippen molar-refractivity contribution in [2.75, 3.05) is 19.6 Å². The SMILES string of the molecule is COc1cc2c(c(Cl)c1Cl)C(C)(CCCCl)OCC2. The number of benzene rings is 1. The third kappa shape index (κ3) is 2.82. The molecule has 0 aliphatic carbocycles. The fourth-order valence-corrected chi connectivity index (χ4v) is 3.40. The second-order valence-electron chi connectivity index (χ2n) is 4.86. The maximum Gasteiger partial charge on any atom is 0.139 e. The lowest BCUT2D eigenvalue weighted by atomic mass is 9.84. The van der Waals surface area contributed by atoms with E-state index in [0.29, 0.717) is 28.3 Å². The summed E-state index contributed by atoms with van der Waals surface area (Å²) in [5, 5.41) is 0.985. The molecule has 19 heavy (non-hydrogen) atoms. The van der Waals surface area contributed by atoms with Gasteiger partial charge in [-0.3, -0.25) is 0 Å². The molecule has 0 amide bonds. The van der Waals surface area contributed by atoms with Crippen LogP contribution in [0.5, 0.6) is 5.75 Å². The summed E-state index contributed by atoms with van der Waals surface area (Å²) in [6.07, 6.45) is 2.52. The maximum absolute atomic E-state index is 6.43. The van der Waals surface area contributed by atoms with Crippen molar-refractivity contribution in [3.05, 3.63) is 27.2 Å². The number of ether oxygens (including phenoxy) is 2. The molecule has 5 heteroatoms. The second kappa shape index (κ2) is 6.09. The van der Waals surface area contributed by atoms with E-state index in [1.165, 1.54) is 0 Å². The Bertz CT molecular complexity index is 476. The maximum atomic E-state index is 6.43. The molecule has 0 saturated carbocycles. The van der Waals surface area contributed by atoms with Crippen LogP contribution in [-0.4, -0.2) is 19.6 Å². The van der Waals surface area contributed by atoms with Crippen LogP contribution in [0.1, 0.15) is 30.9 Å². The molecule has 1 aromatic rings. The first-order valence-corrected chi connectivity index (χ1v) is 7.58. The molecule has 0 spiro atoms. The predicted octanol–water partition coefficient (Wildman–Crippen LogP) is 4.81. The number of hydrogen-bond donors (Lipinski definition) is 0. The fraction of sp³-hybridized carbons (Fsp3) is 0.571. The topological polar surface area (TPSA) is 18.5 Å². The van der Waals surface area contributed by atoms with Gasteiger partial charge in [-0.05, 0) is 37.8 Å². The quantitative estimate of drug-likeness (QED) is 0.740. The van der Waals surface area contributed by atoms with Crippen LogP contribution in [0.4, 0.5) is 0 Å². The Morgan fingerprint density at radius 1 is 1.37 bits per heavy atom. The number of methoxy groups -OCH3 is 1. The normalized spacial score (nSPS) is 22.2. The van der Waals surface area contributed by atoms with Crippen molar-refractivity contribution in [2.24, 2.45) is 0 Å². The highest BCUT2D eigenvalue weighted by Gasteiger charge is 2.36. The van der Waals surface area contributed by atoms with Gasteiger partial charge in [0.05, 0.1) is 24.3 Å². The highest BCUT2D eigenvalue weighted by Crippen LogP contribution is 2.46. The van der Waals surface area contributed by atoms with Crippen LogP contribution in [-0.2, 0) is 16.8 Å². The van der Waals surface area contributed by atoms with Crippen molar-refractivity contribution < 1.29 is 9.47 Å². The van der Waals surface area contributed by atoms with Crippen LogP contribution in [0.3, 0.4) is 0 Å². The first-order valence-electron chi connectivity index (χ1n) is 6.28. The van der Waals surface area contributed by atoms with Crippen molar-refractivity contribution >= 4 is 34.8 Å². The first-order chi connectivity index (χ1) is 9.03. The van der Waals surface area contributed by atoms with Gasteiger partial charge in [0.25, 0.3) is 0 Å². The van der Waals surface area contributed by atoms with Gasteiger partial charge in [0.2, 0.25) is 0 Å². The van der Waals surface area contributed by atoms with Crippen LogP contribution in [0, 0.1) is 0 Å². The molecule has 0 radical (unpaired) electrons. The highest BCUT2D eigenvalue weighted by molar-refractivity contribution is 6.43. The lowest BCUT2D eigenvalue weighted by molar-refractivity contribution is -0.0524. The van der Waals surface area contributed by atoms with E-state index in [4.69, 9.17) is 44.3 Å². The lowest BCUT2D eigenvalue weighted by Crippen LogP contribution is -2.33. The fourth-order valence-electron chi connectivity index (χ4n) is 2.63. The third-order valence-corrected chi connectivity index (χ3v) is 4.70. The van der Waals surface area contributed by atoms with Gasteiger partial charge in [0.15, 0.2) is 0 Å². The van der Waals surface area contributed by atoms with E-state index in [-0.39, 0.29) is 0 Å². The van der Waals surface area contributed by atoms with Crippen molar-refractivity contribution in [1.82, 2.24) is 0 Å². The summed E-state index contributed by atoms with van der Waals surface area (Å²) in [5.41, 5.74) is 1.71. The molecule has 106 valence electrons. The number of hydrogen-bond acceptors (Lipinski definition) is 2. The van der Waals surface area contributed by atoms with Crippen LogP contribution in [0.25, 0.3) is 0 Å². The zero-order valence-corrected chi connectivity index (χ0v) is 13.3. The largest absolute Gasteiger partial charge is 0.495 e.